The second-order valence-electron chi connectivity index (χ2n) is 6.11. The van der Waals surface area contributed by atoms with Gasteiger partial charge in [0.2, 0.25) is 0 Å². The predicted octanol–water partition coefficient (Wildman–Crippen LogP) is 6.45. The Labute approximate surface area is 162 Å². The third-order valence-corrected chi connectivity index (χ3v) is 4.65. The molecule has 0 saturated carbocycles. The number of aromatic amines is 1. The van der Waals surface area contributed by atoms with Crippen molar-refractivity contribution in [3.8, 4) is 11.3 Å². The number of benzene rings is 2. The number of hydrogen-bond donors (Lipinski definition) is 2. The lowest BCUT2D eigenvalue weighted by Crippen LogP contribution is -2.04. The molecule has 3 heteroatoms. The summed E-state index contributed by atoms with van der Waals surface area (Å²) >= 11 is 0. The molecule has 4 rings (SSSR count). The number of hydrogen-bond acceptors (Lipinski definition) is 1. The molecule has 0 bridgehead atoms. The van der Waals surface area contributed by atoms with Gasteiger partial charge in [-0.25, -0.2) is 0 Å². The summed E-state index contributed by atoms with van der Waals surface area (Å²) < 4.78 is 2.25. The highest BCUT2D eigenvalue weighted by Gasteiger charge is 2.17. The van der Waals surface area contributed by atoms with Crippen LogP contribution in [0.2, 0.25) is 0 Å². The van der Waals surface area contributed by atoms with Crippen LogP contribution >= 0.6 is 0 Å². The lowest BCUT2D eigenvalue weighted by molar-refractivity contribution is 0.278. The van der Waals surface area contributed by atoms with Crippen LogP contribution in [0.3, 0.4) is 0 Å². The van der Waals surface area contributed by atoms with E-state index in [1.165, 1.54) is 38.7 Å². The van der Waals surface area contributed by atoms with Crippen LogP contribution in [-0.2, 0) is 6.54 Å². The maximum Gasteiger partial charge on any atom is 0.0610 e. The molecule has 2 aromatic carbocycles. The van der Waals surface area contributed by atoms with Crippen LogP contribution in [0.4, 0.5) is 0 Å². The molecule has 0 unspecified atom stereocenters. The first-order valence-corrected chi connectivity index (χ1v) is 9.97. The second-order valence-corrected chi connectivity index (χ2v) is 6.11. The van der Waals surface area contributed by atoms with Crippen molar-refractivity contribution in [2.45, 2.75) is 48.1 Å². The van der Waals surface area contributed by atoms with E-state index in [2.05, 4.69) is 65.9 Å². The number of rotatable bonds is 3. The maximum atomic E-state index is 9.58. The number of H-pyrrole nitrogens is 1. The molecule has 0 spiro atoms. The largest absolute Gasteiger partial charge is 0.395 e. The molecule has 0 aliphatic carbocycles. The second kappa shape index (κ2) is 9.43. The number of aliphatic hydroxyl groups excluding tert-OH is 1. The number of aromatic nitrogens is 2. The van der Waals surface area contributed by atoms with Gasteiger partial charge in [-0.15, -0.1) is 0 Å². The van der Waals surface area contributed by atoms with Crippen LogP contribution in [0.1, 0.15) is 38.8 Å². The third-order valence-electron chi connectivity index (χ3n) is 4.65. The highest BCUT2D eigenvalue weighted by atomic mass is 16.3. The van der Waals surface area contributed by atoms with Gasteiger partial charge in [-0.05, 0) is 43.2 Å². The van der Waals surface area contributed by atoms with Crippen molar-refractivity contribution in [2.75, 3.05) is 6.61 Å². The number of aliphatic hydroxyl groups is 1. The number of nitrogens with one attached hydrogen (secondary N) is 1. The summed E-state index contributed by atoms with van der Waals surface area (Å²) in [6.07, 6.45) is 1.98. The summed E-state index contributed by atoms with van der Waals surface area (Å²) in [5.41, 5.74) is 7.24. The molecule has 2 aromatic heterocycles. The first-order valence-electron chi connectivity index (χ1n) is 9.97. The molecular weight excluding hydrogens is 332 g/mol. The van der Waals surface area contributed by atoms with Gasteiger partial charge in [0.25, 0.3) is 0 Å². The van der Waals surface area contributed by atoms with E-state index in [1.54, 1.807) is 0 Å². The average Bonchev–Trinajstić information content (AvgIpc) is 3.29. The molecule has 0 atom stereocenters. The molecule has 0 radical (unpaired) electrons. The number of aryl methyl sites for hydroxylation is 2. The van der Waals surface area contributed by atoms with E-state index in [1.807, 2.05) is 33.9 Å². The lowest BCUT2D eigenvalue weighted by Gasteiger charge is -2.12. The van der Waals surface area contributed by atoms with Gasteiger partial charge < -0.3 is 14.7 Å². The van der Waals surface area contributed by atoms with Gasteiger partial charge in [0.15, 0.2) is 0 Å². The fourth-order valence-corrected chi connectivity index (χ4v) is 3.60. The molecule has 144 valence electrons. The third kappa shape index (κ3) is 3.79. The highest BCUT2D eigenvalue weighted by molar-refractivity contribution is 6.00. The molecule has 0 fully saturated rings. The zero-order valence-electron chi connectivity index (χ0n) is 17.4. The molecular formula is C24H32N2O. The lowest BCUT2D eigenvalue weighted by atomic mass is 10.0. The molecule has 0 aliphatic heterocycles. The Morgan fingerprint density at radius 1 is 0.926 bits per heavy atom. The zero-order chi connectivity index (χ0) is 20.0. The molecule has 0 aliphatic rings. The summed E-state index contributed by atoms with van der Waals surface area (Å²) in [6.45, 7) is 13.0. The molecule has 2 heterocycles. The Kier molecular flexibility index (Phi) is 7.26. The van der Waals surface area contributed by atoms with Gasteiger partial charge >= 0.3 is 0 Å². The molecule has 27 heavy (non-hydrogen) atoms. The van der Waals surface area contributed by atoms with Gasteiger partial charge in [0.05, 0.1) is 12.3 Å². The Morgan fingerprint density at radius 2 is 1.67 bits per heavy atom. The van der Waals surface area contributed by atoms with Crippen molar-refractivity contribution < 1.29 is 5.11 Å². The number of fused-ring (bicyclic) bond motifs is 2. The minimum absolute atomic E-state index is 0.132. The van der Waals surface area contributed by atoms with Crippen molar-refractivity contribution in [1.82, 2.24) is 9.55 Å². The highest BCUT2D eigenvalue weighted by Crippen LogP contribution is 2.37. The predicted molar refractivity (Wildman–Crippen MR) is 118 cm³/mol. The molecule has 2 N–H and O–H groups in total. The first kappa shape index (κ1) is 20.8. The maximum absolute atomic E-state index is 9.58. The molecule has 0 saturated heterocycles. The summed E-state index contributed by atoms with van der Waals surface area (Å²) in [4.78, 5) is 3.28. The van der Waals surface area contributed by atoms with Crippen molar-refractivity contribution in [3.63, 3.8) is 0 Å². The topological polar surface area (TPSA) is 41.0 Å². The minimum Gasteiger partial charge on any atom is -0.395 e. The van der Waals surface area contributed by atoms with Crippen LogP contribution in [0.5, 0.6) is 0 Å². The molecule has 3 nitrogen and oxygen atoms in total. The van der Waals surface area contributed by atoms with Crippen LogP contribution in [0.15, 0.2) is 48.7 Å². The van der Waals surface area contributed by atoms with Crippen molar-refractivity contribution in [3.05, 3.63) is 59.8 Å². The Bertz CT molecular complexity index is 1010. The van der Waals surface area contributed by atoms with Crippen molar-refractivity contribution >= 4 is 21.8 Å². The van der Waals surface area contributed by atoms with Gasteiger partial charge in [-0.3, -0.25) is 0 Å². The van der Waals surface area contributed by atoms with Crippen LogP contribution in [0.25, 0.3) is 33.1 Å². The van der Waals surface area contributed by atoms with Crippen LogP contribution in [-0.4, -0.2) is 21.3 Å². The van der Waals surface area contributed by atoms with E-state index in [0.717, 1.165) is 5.52 Å². The Morgan fingerprint density at radius 3 is 2.37 bits per heavy atom. The average molecular weight is 365 g/mol. The quantitative estimate of drug-likeness (QED) is 0.431. The van der Waals surface area contributed by atoms with Crippen molar-refractivity contribution in [1.29, 1.82) is 0 Å². The Balaban J connectivity index is 0.000000614. The van der Waals surface area contributed by atoms with Gasteiger partial charge in [0, 0.05) is 40.1 Å². The number of nitrogens with zero attached hydrogens (tertiary/aromatic N) is 1. The summed E-state index contributed by atoms with van der Waals surface area (Å²) in [5.74, 6) is 0. The van der Waals surface area contributed by atoms with Gasteiger partial charge in [-0.2, -0.15) is 0 Å². The van der Waals surface area contributed by atoms with Crippen LogP contribution < -0.4 is 0 Å². The summed E-state index contributed by atoms with van der Waals surface area (Å²) in [6, 6.07) is 15.0. The molecule has 0 amide bonds. The monoisotopic (exact) mass is 364 g/mol. The standard InChI is InChI=1S/C20H20N2O.2C2H6/c1-13-6-7-15-14(2)20(22(10-11-23)19(15)12-13)17-4-3-5-18-16(17)8-9-21-18;2*1-2/h3-9,12,21,23H,10-11H2,1-2H3;2*1-2H3. The van der Waals surface area contributed by atoms with E-state index in [4.69, 9.17) is 0 Å². The van der Waals surface area contributed by atoms with E-state index in [0.29, 0.717) is 6.54 Å². The fraction of sp³-hybridized carbons (Fsp3) is 0.333. The van der Waals surface area contributed by atoms with Crippen LogP contribution in [0, 0.1) is 13.8 Å². The SMILES string of the molecule is CC.CC.Cc1ccc2c(C)c(-c3cccc4[nH]ccc34)n(CCO)c2c1. The van der Waals surface area contributed by atoms with E-state index >= 15 is 0 Å². The zero-order valence-corrected chi connectivity index (χ0v) is 17.4. The summed E-state index contributed by atoms with van der Waals surface area (Å²) in [7, 11) is 0. The normalized spacial score (nSPS) is 10.3. The van der Waals surface area contributed by atoms with E-state index in [-0.39, 0.29) is 6.61 Å². The summed E-state index contributed by atoms with van der Waals surface area (Å²) in [5, 5.41) is 12.0. The fourth-order valence-electron chi connectivity index (χ4n) is 3.60. The first-order chi connectivity index (χ1) is 13.2. The molecule has 4 aromatic rings. The van der Waals surface area contributed by atoms with Gasteiger partial charge in [-0.1, -0.05) is 52.0 Å². The minimum atomic E-state index is 0.132. The van der Waals surface area contributed by atoms with Gasteiger partial charge in [0.1, 0.15) is 0 Å². The smallest absolute Gasteiger partial charge is 0.0610 e. The van der Waals surface area contributed by atoms with E-state index < -0.39 is 0 Å². The van der Waals surface area contributed by atoms with E-state index in [9.17, 15) is 5.11 Å². The van der Waals surface area contributed by atoms with Crippen molar-refractivity contribution in [2.24, 2.45) is 0 Å². The Hall–Kier alpha value is -2.52.